The highest BCUT2D eigenvalue weighted by Gasteiger charge is 2.57. The van der Waals surface area contributed by atoms with Crippen molar-refractivity contribution >= 4 is 5.97 Å². The Balaban J connectivity index is 2.16. The Morgan fingerprint density at radius 2 is 2.10 bits per heavy atom. The molecule has 4 aliphatic rings. The zero-order valence-electron chi connectivity index (χ0n) is 13.7. The summed E-state index contributed by atoms with van der Waals surface area (Å²) in [5, 5.41) is 11.5. The molecule has 2 aliphatic carbocycles. The smallest absolute Gasteiger partial charge is 0.0563 e. The average molecular weight is 291 g/mol. The van der Waals surface area contributed by atoms with Gasteiger partial charge in [-0.05, 0) is 30.6 Å². The van der Waals surface area contributed by atoms with Crippen molar-refractivity contribution in [2.75, 3.05) is 13.2 Å². The van der Waals surface area contributed by atoms with Crippen molar-refractivity contribution in [3.05, 3.63) is 11.6 Å². The number of carboxylic acid groups (broad SMARTS) is 1. The van der Waals surface area contributed by atoms with Gasteiger partial charge in [0, 0.05) is 22.7 Å². The van der Waals surface area contributed by atoms with E-state index in [-0.39, 0.29) is 16.2 Å². The Labute approximate surface area is 127 Å². The van der Waals surface area contributed by atoms with Gasteiger partial charge in [-0.25, -0.2) is 0 Å². The normalized spacial score (nSPS) is 42.7. The van der Waals surface area contributed by atoms with Crippen LogP contribution in [0, 0.1) is 28.1 Å². The molecule has 3 nitrogen and oxygen atoms in total. The minimum Gasteiger partial charge on any atom is -0.550 e. The van der Waals surface area contributed by atoms with Gasteiger partial charge in [0.05, 0.1) is 13.2 Å². The van der Waals surface area contributed by atoms with Crippen LogP contribution in [0.4, 0.5) is 0 Å². The molecule has 2 fully saturated rings. The second kappa shape index (κ2) is 4.58. The summed E-state index contributed by atoms with van der Waals surface area (Å²) < 4.78 is 6.04. The lowest BCUT2D eigenvalue weighted by atomic mass is 9.49. The molecule has 0 amide bonds. The van der Waals surface area contributed by atoms with Crippen LogP contribution in [0.25, 0.3) is 0 Å². The van der Waals surface area contributed by atoms with E-state index in [2.05, 4.69) is 26.8 Å². The fourth-order valence-corrected chi connectivity index (χ4v) is 5.23. The number of hydrogen-bond acceptors (Lipinski definition) is 3. The summed E-state index contributed by atoms with van der Waals surface area (Å²) in [7, 11) is 0. The second-order valence-electron chi connectivity index (χ2n) is 8.32. The molecular formula is C18H27O3-. The lowest BCUT2D eigenvalue weighted by molar-refractivity contribution is -0.314. The predicted octanol–water partition coefficient (Wildman–Crippen LogP) is 2.55. The van der Waals surface area contributed by atoms with Gasteiger partial charge in [-0.3, -0.25) is 0 Å². The summed E-state index contributed by atoms with van der Waals surface area (Å²) in [6.07, 6.45) is 6.81. The van der Waals surface area contributed by atoms with Gasteiger partial charge in [-0.15, -0.1) is 0 Å². The number of rotatable bonds is 2. The van der Waals surface area contributed by atoms with Crippen LogP contribution in [-0.2, 0) is 9.53 Å². The van der Waals surface area contributed by atoms with Gasteiger partial charge in [0.25, 0.3) is 0 Å². The van der Waals surface area contributed by atoms with Gasteiger partial charge in [0.1, 0.15) is 0 Å². The van der Waals surface area contributed by atoms with Crippen LogP contribution in [0.3, 0.4) is 0 Å². The Morgan fingerprint density at radius 1 is 1.38 bits per heavy atom. The summed E-state index contributed by atoms with van der Waals surface area (Å²) in [5.41, 5.74) is 1.36. The fraction of sp³-hybridized carbons (Fsp3) is 0.833. The third-order valence-electron chi connectivity index (χ3n) is 6.70. The maximum atomic E-state index is 11.5. The molecule has 0 aromatic heterocycles. The molecule has 118 valence electrons. The topological polar surface area (TPSA) is 49.4 Å². The molecule has 0 aromatic carbocycles. The molecule has 21 heavy (non-hydrogen) atoms. The van der Waals surface area contributed by atoms with Gasteiger partial charge in [0.2, 0.25) is 0 Å². The quantitative estimate of drug-likeness (QED) is 0.735. The van der Waals surface area contributed by atoms with E-state index in [1.807, 2.05) is 0 Å². The van der Waals surface area contributed by atoms with Crippen LogP contribution in [0.2, 0.25) is 0 Å². The lowest BCUT2D eigenvalue weighted by Crippen LogP contribution is -2.50. The largest absolute Gasteiger partial charge is 0.550 e. The first-order valence-electron chi connectivity index (χ1n) is 8.26. The van der Waals surface area contributed by atoms with Crippen molar-refractivity contribution in [1.82, 2.24) is 0 Å². The van der Waals surface area contributed by atoms with E-state index in [0.717, 1.165) is 13.0 Å². The van der Waals surface area contributed by atoms with Gasteiger partial charge >= 0.3 is 0 Å². The minimum absolute atomic E-state index is 0.132. The third-order valence-corrected chi connectivity index (χ3v) is 6.70. The molecule has 1 spiro atoms. The summed E-state index contributed by atoms with van der Waals surface area (Å²) in [6.45, 7) is 9.98. The first-order valence-corrected chi connectivity index (χ1v) is 8.26. The van der Waals surface area contributed by atoms with Crippen molar-refractivity contribution < 1.29 is 14.6 Å². The van der Waals surface area contributed by atoms with Gasteiger partial charge < -0.3 is 14.6 Å². The number of carbonyl (C=O) groups is 1. The highest BCUT2D eigenvalue weighted by atomic mass is 16.5. The van der Waals surface area contributed by atoms with E-state index in [4.69, 9.17) is 4.74 Å². The monoisotopic (exact) mass is 291 g/mol. The van der Waals surface area contributed by atoms with Crippen molar-refractivity contribution in [3.63, 3.8) is 0 Å². The number of fused-ring (bicyclic) bond motifs is 3. The molecule has 0 radical (unpaired) electrons. The highest BCUT2D eigenvalue weighted by Crippen LogP contribution is 2.63. The summed E-state index contributed by atoms with van der Waals surface area (Å²) in [6, 6.07) is 0. The van der Waals surface area contributed by atoms with Crippen LogP contribution >= 0.6 is 0 Å². The molecular weight excluding hydrogens is 264 g/mol. The number of carbonyl (C=O) groups excluding carboxylic acids is 1. The molecule has 1 saturated carbocycles. The SMILES string of the molecule is CC(C(=O)[O-])C12C=C3C(C)(C)CCCC3(COC1)C(C)C2. The molecule has 4 atom stereocenters. The van der Waals surface area contributed by atoms with E-state index in [9.17, 15) is 9.90 Å². The Morgan fingerprint density at radius 3 is 2.76 bits per heavy atom. The van der Waals surface area contributed by atoms with Gasteiger partial charge in [0.15, 0.2) is 0 Å². The molecule has 0 N–H and O–H groups in total. The number of carboxylic acids is 1. The molecule has 2 bridgehead atoms. The predicted molar refractivity (Wildman–Crippen MR) is 79.4 cm³/mol. The third kappa shape index (κ3) is 2.00. The second-order valence-corrected chi connectivity index (χ2v) is 8.32. The zero-order chi connectivity index (χ0) is 15.5. The van der Waals surface area contributed by atoms with Crippen LogP contribution in [0.1, 0.15) is 53.4 Å². The first kappa shape index (κ1) is 15.1. The average Bonchev–Trinajstić information content (AvgIpc) is 2.64. The number of aliphatic carboxylic acids is 1. The van der Waals surface area contributed by atoms with Crippen LogP contribution in [0.5, 0.6) is 0 Å². The van der Waals surface area contributed by atoms with E-state index < -0.39 is 11.9 Å². The van der Waals surface area contributed by atoms with Crippen LogP contribution in [0.15, 0.2) is 11.6 Å². The molecule has 4 unspecified atom stereocenters. The van der Waals surface area contributed by atoms with E-state index in [1.165, 1.54) is 24.8 Å². The zero-order valence-corrected chi connectivity index (χ0v) is 13.7. The molecule has 2 aliphatic heterocycles. The maximum Gasteiger partial charge on any atom is 0.0563 e. The van der Waals surface area contributed by atoms with Crippen molar-refractivity contribution in [2.45, 2.75) is 53.4 Å². The summed E-state index contributed by atoms with van der Waals surface area (Å²) in [5.74, 6) is -0.978. The van der Waals surface area contributed by atoms with Crippen molar-refractivity contribution in [1.29, 1.82) is 0 Å². The van der Waals surface area contributed by atoms with Gasteiger partial charge in [-0.2, -0.15) is 0 Å². The molecule has 1 saturated heterocycles. The standard InChI is InChI=1S/C18H28O3/c1-12-8-17(13(2)15(19)20)9-14-16(3,4)6-5-7-18(12,14)11-21-10-17/h9,12-13H,5-8,10-11H2,1-4H3,(H,19,20)/p-1. The van der Waals surface area contributed by atoms with E-state index >= 15 is 0 Å². The maximum absolute atomic E-state index is 11.5. The van der Waals surface area contributed by atoms with Crippen molar-refractivity contribution in [2.24, 2.45) is 28.1 Å². The van der Waals surface area contributed by atoms with Crippen LogP contribution < -0.4 is 5.11 Å². The number of hydrogen-bond donors (Lipinski definition) is 0. The summed E-state index contributed by atoms with van der Waals surface area (Å²) in [4.78, 5) is 11.5. The van der Waals surface area contributed by atoms with E-state index in [0.29, 0.717) is 12.5 Å². The molecule has 4 rings (SSSR count). The fourth-order valence-electron chi connectivity index (χ4n) is 5.23. The molecule has 2 heterocycles. The Kier molecular flexibility index (Phi) is 3.29. The molecule has 3 heteroatoms. The van der Waals surface area contributed by atoms with E-state index in [1.54, 1.807) is 6.92 Å². The van der Waals surface area contributed by atoms with Gasteiger partial charge in [-0.1, -0.05) is 45.8 Å². The highest BCUT2D eigenvalue weighted by molar-refractivity contribution is 5.69. The molecule has 0 aromatic rings. The Bertz CT molecular complexity index is 493. The Hall–Kier alpha value is -0.830. The van der Waals surface area contributed by atoms with Crippen LogP contribution in [-0.4, -0.2) is 19.2 Å². The van der Waals surface area contributed by atoms with Crippen molar-refractivity contribution in [3.8, 4) is 0 Å². The first-order chi connectivity index (χ1) is 9.74. The number of ether oxygens (including phenoxy) is 1. The lowest BCUT2D eigenvalue weighted by Gasteiger charge is -2.55. The summed E-state index contributed by atoms with van der Waals surface area (Å²) >= 11 is 0. The minimum atomic E-state index is -0.953.